The van der Waals surface area contributed by atoms with E-state index in [2.05, 4.69) is 11.9 Å². The molecular weight excluding hydrogens is 392 g/mol. The first-order chi connectivity index (χ1) is 14.1. The fraction of sp³-hybridized carbons (Fsp3) is 0.333. The smallest absolute Gasteiger partial charge is 0.279 e. The Morgan fingerprint density at radius 3 is 2.14 bits per heavy atom. The zero-order valence-electron chi connectivity index (χ0n) is 17.1. The van der Waals surface area contributed by atoms with Crippen molar-refractivity contribution in [2.45, 2.75) is 19.9 Å². The molecule has 154 valence electrons. The maximum atomic E-state index is 12.9. The van der Waals surface area contributed by atoms with Crippen molar-refractivity contribution in [2.24, 2.45) is 4.99 Å². The first-order valence-electron chi connectivity index (χ1n) is 9.12. The van der Waals surface area contributed by atoms with E-state index in [-0.39, 0.29) is 5.91 Å². The fourth-order valence-electron chi connectivity index (χ4n) is 3.05. The second kappa shape index (κ2) is 9.00. The van der Waals surface area contributed by atoms with Gasteiger partial charge < -0.3 is 23.5 Å². The first-order valence-corrected chi connectivity index (χ1v) is 9.94. The Morgan fingerprint density at radius 2 is 1.59 bits per heavy atom. The van der Waals surface area contributed by atoms with E-state index in [4.69, 9.17) is 18.9 Å². The number of amides is 1. The molecule has 0 saturated carbocycles. The molecule has 1 amide bonds. The van der Waals surface area contributed by atoms with E-state index in [1.165, 1.54) is 11.3 Å². The summed E-state index contributed by atoms with van der Waals surface area (Å²) in [6.45, 7) is 2.76. The van der Waals surface area contributed by atoms with Gasteiger partial charge in [0.05, 0.1) is 28.4 Å². The van der Waals surface area contributed by atoms with Crippen LogP contribution >= 0.6 is 11.3 Å². The van der Waals surface area contributed by atoms with Crippen LogP contribution in [0.25, 0.3) is 10.2 Å². The van der Waals surface area contributed by atoms with Gasteiger partial charge in [0.1, 0.15) is 33.2 Å². The molecule has 0 aliphatic carbocycles. The lowest BCUT2D eigenvalue weighted by molar-refractivity contribution is 0.0997. The highest BCUT2D eigenvalue weighted by Crippen LogP contribution is 2.35. The van der Waals surface area contributed by atoms with Gasteiger partial charge in [-0.2, -0.15) is 4.99 Å². The van der Waals surface area contributed by atoms with Crippen molar-refractivity contribution in [3.05, 3.63) is 40.7 Å². The molecular formula is C21H24N2O5S. The lowest BCUT2D eigenvalue weighted by Crippen LogP contribution is -2.17. The molecule has 0 fully saturated rings. The Kier molecular flexibility index (Phi) is 6.43. The summed E-state index contributed by atoms with van der Waals surface area (Å²) >= 11 is 1.40. The van der Waals surface area contributed by atoms with Crippen LogP contribution in [0.2, 0.25) is 0 Å². The molecule has 1 heterocycles. The largest absolute Gasteiger partial charge is 0.497 e. The maximum absolute atomic E-state index is 12.9. The van der Waals surface area contributed by atoms with Crippen molar-refractivity contribution in [3.8, 4) is 23.0 Å². The molecule has 0 atom stereocenters. The Balaban J connectivity index is 2.22. The molecule has 29 heavy (non-hydrogen) atoms. The van der Waals surface area contributed by atoms with E-state index < -0.39 is 0 Å². The van der Waals surface area contributed by atoms with Crippen LogP contribution in [0.1, 0.15) is 23.7 Å². The summed E-state index contributed by atoms with van der Waals surface area (Å²) < 4.78 is 24.5. The number of nitrogens with zero attached hydrogens (tertiary/aromatic N) is 2. The molecule has 0 aliphatic heterocycles. The number of aromatic nitrogens is 1. The molecule has 3 aromatic rings. The molecule has 0 bridgehead atoms. The average molecular weight is 416 g/mol. The van der Waals surface area contributed by atoms with Crippen LogP contribution < -0.4 is 23.7 Å². The minimum atomic E-state index is -0.378. The van der Waals surface area contributed by atoms with E-state index in [0.717, 1.165) is 16.6 Å². The minimum Gasteiger partial charge on any atom is -0.497 e. The summed E-state index contributed by atoms with van der Waals surface area (Å²) in [7, 11) is 6.33. The zero-order valence-corrected chi connectivity index (χ0v) is 18.0. The van der Waals surface area contributed by atoms with Crippen LogP contribution in [-0.4, -0.2) is 38.9 Å². The zero-order chi connectivity index (χ0) is 21.0. The summed E-state index contributed by atoms with van der Waals surface area (Å²) in [6.07, 6.45) is 0.876. The minimum absolute atomic E-state index is 0.378. The fourth-order valence-corrected chi connectivity index (χ4v) is 4.22. The van der Waals surface area contributed by atoms with Gasteiger partial charge in [-0.3, -0.25) is 4.79 Å². The number of hydrogen-bond acceptors (Lipinski definition) is 6. The Labute approximate surface area is 173 Å². The van der Waals surface area contributed by atoms with Crippen molar-refractivity contribution in [1.29, 1.82) is 0 Å². The normalized spacial score (nSPS) is 11.6. The van der Waals surface area contributed by atoms with E-state index in [9.17, 15) is 4.79 Å². The summed E-state index contributed by atoms with van der Waals surface area (Å²) in [5, 5.41) is 0. The highest BCUT2D eigenvalue weighted by Gasteiger charge is 2.17. The molecule has 2 aromatic carbocycles. The van der Waals surface area contributed by atoms with E-state index in [0.29, 0.717) is 39.9 Å². The van der Waals surface area contributed by atoms with Crippen molar-refractivity contribution >= 4 is 27.5 Å². The van der Waals surface area contributed by atoms with Gasteiger partial charge in [-0.05, 0) is 30.7 Å². The van der Waals surface area contributed by atoms with Crippen molar-refractivity contribution in [2.75, 3.05) is 28.4 Å². The lowest BCUT2D eigenvalue weighted by atomic mass is 10.2. The predicted molar refractivity (Wildman–Crippen MR) is 113 cm³/mol. The molecule has 3 rings (SSSR count). The summed E-state index contributed by atoms with van der Waals surface area (Å²) in [5.74, 6) is 2.11. The van der Waals surface area contributed by atoms with Crippen LogP contribution in [0.3, 0.4) is 0 Å². The molecule has 0 aliphatic rings. The number of fused-ring (bicyclic) bond motifs is 1. The van der Waals surface area contributed by atoms with Crippen molar-refractivity contribution in [3.63, 3.8) is 0 Å². The topological polar surface area (TPSA) is 71.3 Å². The second-order valence-electron chi connectivity index (χ2n) is 6.20. The van der Waals surface area contributed by atoms with Gasteiger partial charge in [0.15, 0.2) is 4.80 Å². The second-order valence-corrected chi connectivity index (χ2v) is 7.18. The molecule has 1 aromatic heterocycles. The van der Waals surface area contributed by atoms with E-state index in [1.54, 1.807) is 46.6 Å². The van der Waals surface area contributed by atoms with Gasteiger partial charge in [-0.15, -0.1) is 0 Å². The van der Waals surface area contributed by atoms with Gasteiger partial charge >= 0.3 is 0 Å². The maximum Gasteiger partial charge on any atom is 0.279 e. The van der Waals surface area contributed by atoms with Crippen LogP contribution in [0, 0.1) is 0 Å². The number of methoxy groups -OCH3 is 4. The highest BCUT2D eigenvalue weighted by atomic mass is 32.1. The summed E-state index contributed by atoms with van der Waals surface area (Å²) in [5.41, 5.74) is 1.26. The number of thiazole rings is 1. The third kappa shape index (κ3) is 4.07. The average Bonchev–Trinajstić information content (AvgIpc) is 3.10. The Hall–Kier alpha value is -3.00. The standard InChI is InChI=1S/C21H24N2O5S/c1-6-9-23-18-16(27-4)7-8-17(28-5)19(18)29-21(23)22-20(24)13-10-14(25-2)12-15(11-13)26-3/h7-8,10-12H,6,9H2,1-5H3. The molecule has 0 unspecified atom stereocenters. The monoisotopic (exact) mass is 416 g/mol. The van der Waals surface area contributed by atoms with Gasteiger partial charge in [0.2, 0.25) is 0 Å². The molecule has 0 saturated heterocycles. The van der Waals surface area contributed by atoms with E-state index >= 15 is 0 Å². The van der Waals surface area contributed by atoms with Gasteiger partial charge in [0, 0.05) is 18.2 Å². The third-order valence-electron chi connectivity index (χ3n) is 4.44. The van der Waals surface area contributed by atoms with Crippen LogP contribution in [-0.2, 0) is 6.54 Å². The first kappa shape index (κ1) is 20.7. The summed E-state index contributed by atoms with van der Waals surface area (Å²) in [6, 6.07) is 8.72. The number of benzene rings is 2. The number of hydrogen-bond donors (Lipinski definition) is 0. The molecule has 0 spiro atoms. The molecule has 0 N–H and O–H groups in total. The quantitative estimate of drug-likeness (QED) is 0.584. The SMILES string of the molecule is CCCn1c(=NC(=O)c2cc(OC)cc(OC)c2)sc2c(OC)ccc(OC)c21. The number of ether oxygens (including phenoxy) is 4. The van der Waals surface area contributed by atoms with Gasteiger partial charge in [0.25, 0.3) is 5.91 Å². The van der Waals surface area contributed by atoms with Gasteiger partial charge in [-0.1, -0.05) is 18.3 Å². The number of carbonyl (C=O) groups is 1. The number of aryl methyl sites for hydroxylation is 1. The predicted octanol–water partition coefficient (Wildman–Crippen LogP) is 3.89. The number of rotatable bonds is 7. The molecule has 7 nitrogen and oxygen atoms in total. The lowest BCUT2D eigenvalue weighted by Gasteiger charge is -2.09. The van der Waals surface area contributed by atoms with Crippen LogP contribution in [0.5, 0.6) is 23.0 Å². The van der Waals surface area contributed by atoms with Crippen LogP contribution in [0.15, 0.2) is 35.3 Å². The van der Waals surface area contributed by atoms with Gasteiger partial charge in [-0.25, -0.2) is 0 Å². The summed E-state index contributed by atoms with van der Waals surface area (Å²) in [4.78, 5) is 17.9. The highest BCUT2D eigenvalue weighted by molar-refractivity contribution is 7.16. The Bertz CT molecular complexity index is 1080. The Morgan fingerprint density at radius 1 is 0.966 bits per heavy atom. The number of carbonyl (C=O) groups excluding carboxylic acids is 1. The third-order valence-corrected chi connectivity index (χ3v) is 5.53. The molecule has 0 radical (unpaired) electrons. The van der Waals surface area contributed by atoms with Crippen molar-refractivity contribution in [1.82, 2.24) is 4.57 Å². The van der Waals surface area contributed by atoms with Crippen molar-refractivity contribution < 1.29 is 23.7 Å². The molecule has 8 heteroatoms. The van der Waals surface area contributed by atoms with Crippen LogP contribution in [0.4, 0.5) is 0 Å². The van der Waals surface area contributed by atoms with E-state index in [1.807, 2.05) is 16.7 Å².